The van der Waals surface area contributed by atoms with Gasteiger partial charge in [-0.1, -0.05) is 15.9 Å². The highest BCUT2D eigenvalue weighted by Crippen LogP contribution is 2.24. The van der Waals surface area contributed by atoms with Gasteiger partial charge in [-0.25, -0.2) is 4.98 Å². The van der Waals surface area contributed by atoms with Gasteiger partial charge in [0, 0.05) is 33.5 Å². The Bertz CT molecular complexity index is 817. The van der Waals surface area contributed by atoms with E-state index in [4.69, 9.17) is 0 Å². The molecule has 0 fully saturated rings. The van der Waals surface area contributed by atoms with Gasteiger partial charge in [0.15, 0.2) is 0 Å². The largest absolute Gasteiger partial charge is 0.320 e. The maximum atomic E-state index is 12.3. The van der Waals surface area contributed by atoms with Crippen molar-refractivity contribution < 1.29 is 4.79 Å². The van der Waals surface area contributed by atoms with Crippen LogP contribution in [0.5, 0.6) is 0 Å². The quantitative estimate of drug-likeness (QED) is 0.733. The molecule has 0 saturated heterocycles. The van der Waals surface area contributed by atoms with Crippen LogP contribution in [0.3, 0.4) is 0 Å². The molecule has 22 heavy (non-hydrogen) atoms. The van der Waals surface area contributed by atoms with E-state index in [0.29, 0.717) is 5.69 Å². The van der Waals surface area contributed by atoms with Crippen LogP contribution in [-0.4, -0.2) is 15.9 Å². The number of anilines is 1. The molecule has 2 aromatic heterocycles. The zero-order valence-electron chi connectivity index (χ0n) is 11.7. The molecule has 3 rings (SSSR count). The molecular formula is C16H12BrN3OS. The predicted molar refractivity (Wildman–Crippen MR) is 92.2 cm³/mol. The van der Waals surface area contributed by atoms with E-state index >= 15 is 0 Å². The molecule has 6 heteroatoms. The van der Waals surface area contributed by atoms with Crippen LogP contribution in [-0.2, 0) is 0 Å². The van der Waals surface area contributed by atoms with Crippen molar-refractivity contribution in [3.63, 3.8) is 0 Å². The van der Waals surface area contributed by atoms with E-state index in [9.17, 15) is 4.79 Å². The Morgan fingerprint density at radius 2 is 2.18 bits per heavy atom. The lowest BCUT2D eigenvalue weighted by Crippen LogP contribution is -2.13. The van der Waals surface area contributed by atoms with Gasteiger partial charge < -0.3 is 5.32 Å². The fourth-order valence-corrected chi connectivity index (χ4v) is 3.22. The molecule has 2 heterocycles. The number of thiazole rings is 1. The van der Waals surface area contributed by atoms with Crippen LogP contribution < -0.4 is 5.32 Å². The normalized spacial score (nSPS) is 10.5. The monoisotopic (exact) mass is 373 g/mol. The number of halogens is 1. The summed E-state index contributed by atoms with van der Waals surface area (Å²) in [6, 6.07) is 9.49. The van der Waals surface area contributed by atoms with Crippen LogP contribution in [0, 0.1) is 6.92 Å². The zero-order chi connectivity index (χ0) is 15.5. The number of carbonyl (C=O) groups excluding carboxylic acids is 1. The maximum Gasteiger partial charge on any atom is 0.275 e. The number of pyridine rings is 1. The van der Waals surface area contributed by atoms with Gasteiger partial charge in [0.05, 0.1) is 0 Å². The van der Waals surface area contributed by atoms with Gasteiger partial charge in [0.2, 0.25) is 0 Å². The van der Waals surface area contributed by atoms with Crippen LogP contribution in [0.15, 0.2) is 52.6 Å². The number of benzene rings is 1. The van der Waals surface area contributed by atoms with E-state index in [-0.39, 0.29) is 5.91 Å². The second-order valence-electron chi connectivity index (χ2n) is 4.69. The van der Waals surface area contributed by atoms with Crippen molar-refractivity contribution in [3.8, 4) is 10.6 Å². The summed E-state index contributed by atoms with van der Waals surface area (Å²) in [5.74, 6) is -0.211. The lowest BCUT2D eigenvalue weighted by Gasteiger charge is -2.07. The van der Waals surface area contributed by atoms with E-state index in [0.717, 1.165) is 26.3 Å². The highest BCUT2D eigenvalue weighted by atomic mass is 79.9. The summed E-state index contributed by atoms with van der Waals surface area (Å²) in [5, 5.41) is 5.43. The minimum atomic E-state index is -0.211. The first kappa shape index (κ1) is 14.9. The van der Waals surface area contributed by atoms with Gasteiger partial charge in [-0.3, -0.25) is 9.78 Å². The van der Waals surface area contributed by atoms with Crippen LogP contribution in [0.25, 0.3) is 10.6 Å². The van der Waals surface area contributed by atoms with Crippen LogP contribution in [0.2, 0.25) is 0 Å². The van der Waals surface area contributed by atoms with Crippen LogP contribution in [0.4, 0.5) is 5.69 Å². The summed E-state index contributed by atoms with van der Waals surface area (Å²) in [6.07, 6.45) is 3.44. The Morgan fingerprint density at radius 1 is 1.32 bits per heavy atom. The van der Waals surface area contributed by atoms with E-state index in [1.807, 2.05) is 37.3 Å². The van der Waals surface area contributed by atoms with Gasteiger partial charge in [0.25, 0.3) is 5.91 Å². The summed E-state index contributed by atoms with van der Waals surface area (Å²) in [4.78, 5) is 20.7. The van der Waals surface area contributed by atoms with Gasteiger partial charge in [-0.2, -0.15) is 0 Å². The number of rotatable bonds is 3. The van der Waals surface area contributed by atoms with Crippen molar-refractivity contribution in [1.82, 2.24) is 9.97 Å². The third-order valence-electron chi connectivity index (χ3n) is 3.08. The molecule has 110 valence electrons. The fraction of sp³-hybridized carbons (Fsp3) is 0.0625. The summed E-state index contributed by atoms with van der Waals surface area (Å²) >= 11 is 4.84. The predicted octanol–water partition coefficient (Wildman–Crippen LogP) is 4.53. The number of aryl methyl sites for hydroxylation is 1. The molecule has 0 aliphatic carbocycles. The summed E-state index contributed by atoms with van der Waals surface area (Å²) < 4.78 is 0.982. The van der Waals surface area contributed by atoms with Crippen molar-refractivity contribution in [2.24, 2.45) is 0 Å². The minimum absolute atomic E-state index is 0.211. The van der Waals surface area contributed by atoms with Crippen molar-refractivity contribution in [2.75, 3.05) is 5.32 Å². The highest BCUT2D eigenvalue weighted by Gasteiger charge is 2.13. The van der Waals surface area contributed by atoms with Crippen LogP contribution >= 0.6 is 27.3 Å². The zero-order valence-corrected chi connectivity index (χ0v) is 14.1. The fourth-order valence-electron chi connectivity index (χ4n) is 1.95. The first-order chi connectivity index (χ1) is 10.6. The van der Waals surface area contributed by atoms with Crippen molar-refractivity contribution in [1.29, 1.82) is 0 Å². The Kier molecular flexibility index (Phi) is 4.31. The van der Waals surface area contributed by atoms with Crippen LogP contribution in [0.1, 0.15) is 16.1 Å². The van der Waals surface area contributed by atoms with E-state index in [1.54, 1.807) is 17.8 Å². The molecule has 3 aromatic rings. The molecule has 0 bridgehead atoms. The molecule has 0 atom stereocenters. The number of hydrogen-bond donors (Lipinski definition) is 1. The number of hydrogen-bond acceptors (Lipinski definition) is 4. The van der Waals surface area contributed by atoms with E-state index in [1.165, 1.54) is 11.3 Å². The van der Waals surface area contributed by atoms with Crippen molar-refractivity contribution in [2.45, 2.75) is 6.92 Å². The Labute approximate surface area is 140 Å². The van der Waals surface area contributed by atoms with E-state index in [2.05, 4.69) is 31.2 Å². The standard InChI is InChI=1S/C16H12BrN3OS/c1-10-7-12(17)4-5-13(10)19-15(21)14-9-22-16(20-14)11-3-2-6-18-8-11/h2-9H,1H3,(H,19,21). The third kappa shape index (κ3) is 3.23. The number of nitrogens with one attached hydrogen (secondary N) is 1. The molecule has 4 nitrogen and oxygen atoms in total. The molecule has 1 aromatic carbocycles. The summed E-state index contributed by atoms with van der Waals surface area (Å²) in [6.45, 7) is 1.95. The molecule has 0 aliphatic heterocycles. The minimum Gasteiger partial charge on any atom is -0.320 e. The number of nitrogens with zero attached hydrogens (tertiary/aromatic N) is 2. The summed E-state index contributed by atoms with van der Waals surface area (Å²) in [5.41, 5.74) is 3.09. The first-order valence-electron chi connectivity index (χ1n) is 6.57. The Balaban J connectivity index is 1.80. The topological polar surface area (TPSA) is 54.9 Å². The molecule has 0 saturated carbocycles. The summed E-state index contributed by atoms with van der Waals surface area (Å²) in [7, 11) is 0. The smallest absolute Gasteiger partial charge is 0.275 e. The molecule has 0 unspecified atom stereocenters. The number of amides is 1. The molecule has 0 radical (unpaired) electrons. The van der Waals surface area contributed by atoms with Gasteiger partial charge in [0.1, 0.15) is 10.7 Å². The Morgan fingerprint density at radius 3 is 2.91 bits per heavy atom. The number of carbonyl (C=O) groups is 1. The maximum absolute atomic E-state index is 12.3. The number of aromatic nitrogens is 2. The van der Waals surface area contributed by atoms with Gasteiger partial charge in [-0.15, -0.1) is 11.3 Å². The lowest BCUT2D eigenvalue weighted by atomic mass is 10.2. The molecule has 0 spiro atoms. The van der Waals surface area contributed by atoms with Crippen molar-refractivity contribution >= 4 is 38.9 Å². The third-order valence-corrected chi connectivity index (χ3v) is 4.47. The van der Waals surface area contributed by atoms with Crippen molar-refractivity contribution in [3.05, 3.63) is 63.8 Å². The highest BCUT2D eigenvalue weighted by molar-refractivity contribution is 9.10. The molecular weight excluding hydrogens is 362 g/mol. The molecule has 1 amide bonds. The SMILES string of the molecule is Cc1cc(Br)ccc1NC(=O)c1csc(-c2cccnc2)n1. The lowest BCUT2D eigenvalue weighted by molar-refractivity contribution is 0.102. The average molecular weight is 374 g/mol. The molecule has 0 aliphatic rings. The second-order valence-corrected chi connectivity index (χ2v) is 6.47. The van der Waals surface area contributed by atoms with Gasteiger partial charge >= 0.3 is 0 Å². The van der Waals surface area contributed by atoms with E-state index < -0.39 is 0 Å². The average Bonchev–Trinajstić information content (AvgIpc) is 3.01. The first-order valence-corrected chi connectivity index (χ1v) is 8.24. The Hall–Kier alpha value is -2.05. The molecule has 1 N–H and O–H groups in total. The second kappa shape index (κ2) is 6.37. The van der Waals surface area contributed by atoms with Gasteiger partial charge in [-0.05, 0) is 42.8 Å².